The minimum Gasteiger partial charge on any atom is -0.468 e. The predicted octanol–water partition coefficient (Wildman–Crippen LogP) is 4.06. The zero-order chi connectivity index (χ0) is 16.2. The first-order valence-corrected chi connectivity index (χ1v) is 9.10. The highest BCUT2D eigenvalue weighted by molar-refractivity contribution is 5.08. The lowest BCUT2D eigenvalue weighted by molar-refractivity contribution is 0.246. The molecule has 0 amide bonds. The van der Waals surface area contributed by atoms with Crippen molar-refractivity contribution in [2.45, 2.75) is 50.9 Å². The summed E-state index contributed by atoms with van der Waals surface area (Å²) in [5.74, 6) is 2.13. The van der Waals surface area contributed by atoms with Crippen LogP contribution >= 0.6 is 0 Å². The average Bonchev–Trinajstić information content (AvgIpc) is 3.36. The molecule has 0 aromatic carbocycles. The summed E-state index contributed by atoms with van der Waals surface area (Å²) in [5, 5.41) is 0. The lowest BCUT2D eigenvalue weighted by Gasteiger charge is -2.23. The van der Waals surface area contributed by atoms with E-state index >= 15 is 0 Å². The lowest BCUT2D eigenvalue weighted by Crippen LogP contribution is -2.29. The van der Waals surface area contributed by atoms with E-state index in [2.05, 4.69) is 34.1 Å². The van der Waals surface area contributed by atoms with Gasteiger partial charge in [0.15, 0.2) is 0 Å². The fraction of sp³-hybridized carbons (Fsp3) is 0.500. The number of hydrogen-bond donors (Lipinski definition) is 0. The van der Waals surface area contributed by atoms with Crippen LogP contribution in [0.3, 0.4) is 0 Å². The fourth-order valence-electron chi connectivity index (χ4n) is 3.99. The molecule has 4 nitrogen and oxygen atoms in total. The molecule has 2 aliphatic rings. The Bertz CT molecular complexity index is 576. The Morgan fingerprint density at radius 1 is 0.833 bits per heavy atom. The topological polar surface area (TPSA) is 32.8 Å². The minimum atomic E-state index is 0.543. The smallest absolute Gasteiger partial charge is 0.117 e. The molecule has 4 heteroatoms. The van der Waals surface area contributed by atoms with Gasteiger partial charge >= 0.3 is 0 Å². The molecule has 24 heavy (non-hydrogen) atoms. The van der Waals surface area contributed by atoms with Gasteiger partial charge in [0.2, 0.25) is 0 Å². The summed E-state index contributed by atoms with van der Waals surface area (Å²) in [4.78, 5) is 5.06. The summed E-state index contributed by atoms with van der Waals surface area (Å²) in [6.45, 7) is 4.17. The SMILES string of the molecule is C(=C\[C@H]1CCCN1Cc1ccco1)/[C@@H]1CCCN1Cc1ccco1. The zero-order valence-corrected chi connectivity index (χ0v) is 14.1. The summed E-state index contributed by atoms with van der Waals surface area (Å²) in [6.07, 6.45) is 13.4. The van der Waals surface area contributed by atoms with Gasteiger partial charge in [-0.1, -0.05) is 12.2 Å². The highest BCUT2D eigenvalue weighted by atomic mass is 16.3. The van der Waals surface area contributed by atoms with Crippen molar-refractivity contribution in [2.75, 3.05) is 13.1 Å². The summed E-state index contributed by atoms with van der Waals surface area (Å²) in [6, 6.07) is 9.17. The van der Waals surface area contributed by atoms with Gasteiger partial charge in [0.25, 0.3) is 0 Å². The Morgan fingerprint density at radius 3 is 1.75 bits per heavy atom. The third-order valence-corrected chi connectivity index (χ3v) is 5.26. The minimum absolute atomic E-state index is 0.543. The highest BCUT2D eigenvalue weighted by Crippen LogP contribution is 2.25. The van der Waals surface area contributed by atoms with E-state index in [1.165, 1.54) is 25.7 Å². The fourth-order valence-corrected chi connectivity index (χ4v) is 3.99. The van der Waals surface area contributed by atoms with Gasteiger partial charge in [0, 0.05) is 12.1 Å². The third-order valence-electron chi connectivity index (χ3n) is 5.26. The van der Waals surface area contributed by atoms with Crippen LogP contribution in [0.5, 0.6) is 0 Å². The quantitative estimate of drug-likeness (QED) is 0.750. The molecular weight excluding hydrogens is 300 g/mol. The molecule has 2 saturated heterocycles. The van der Waals surface area contributed by atoms with Crippen molar-refractivity contribution in [1.29, 1.82) is 0 Å². The van der Waals surface area contributed by atoms with Crippen LogP contribution in [0, 0.1) is 0 Å². The van der Waals surface area contributed by atoms with Gasteiger partial charge < -0.3 is 8.83 Å². The van der Waals surface area contributed by atoms with Crippen LogP contribution in [0.25, 0.3) is 0 Å². The van der Waals surface area contributed by atoms with Crippen LogP contribution in [-0.4, -0.2) is 35.0 Å². The van der Waals surface area contributed by atoms with Crippen molar-refractivity contribution in [3.8, 4) is 0 Å². The second kappa shape index (κ2) is 7.41. The largest absolute Gasteiger partial charge is 0.468 e. The predicted molar refractivity (Wildman–Crippen MR) is 93.4 cm³/mol. The molecule has 0 saturated carbocycles. The molecule has 2 atom stereocenters. The van der Waals surface area contributed by atoms with Gasteiger partial charge in [-0.2, -0.15) is 0 Å². The molecule has 0 bridgehead atoms. The molecule has 128 valence electrons. The Morgan fingerprint density at radius 2 is 1.33 bits per heavy atom. The van der Waals surface area contributed by atoms with Gasteiger partial charge in [0.1, 0.15) is 11.5 Å². The summed E-state index contributed by atoms with van der Waals surface area (Å²) < 4.78 is 11.0. The van der Waals surface area contributed by atoms with Gasteiger partial charge in [-0.15, -0.1) is 0 Å². The standard InChI is InChI=1S/C20H26N2O2/c1-5-17(21(11-1)15-19-7-3-13-23-19)9-10-18-6-2-12-22(18)16-20-8-4-14-24-20/h3-4,7-10,13-14,17-18H,1-2,5-6,11-12,15-16H2/b10-9+/t17-,18+. The molecule has 0 N–H and O–H groups in total. The third kappa shape index (κ3) is 3.65. The molecule has 4 rings (SSSR count). The van der Waals surface area contributed by atoms with E-state index in [9.17, 15) is 0 Å². The molecule has 0 spiro atoms. The Kier molecular flexibility index (Phi) is 4.86. The molecule has 2 aromatic heterocycles. The zero-order valence-electron chi connectivity index (χ0n) is 14.1. The Labute approximate surface area is 143 Å². The molecule has 0 aliphatic carbocycles. The van der Waals surface area contributed by atoms with Gasteiger partial charge in [-0.05, 0) is 63.0 Å². The van der Waals surface area contributed by atoms with Crippen LogP contribution in [0.15, 0.2) is 57.8 Å². The molecule has 2 aromatic rings. The van der Waals surface area contributed by atoms with Crippen LogP contribution in [0.4, 0.5) is 0 Å². The van der Waals surface area contributed by atoms with Crippen molar-refractivity contribution >= 4 is 0 Å². The Hall–Kier alpha value is -1.78. The van der Waals surface area contributed by atoms with E-state index < -0.39 is 0 Å². The first-order valence-electron chi connectivity index (χ1n) is 9.10. The van der Waals surface area contributed by atoms with Crippen LogP contribution in [0.1, 0.15) is 37.2 Å². The van der Waals surface area contributed by atoms with E-state index in [0.717, 1.165) is 37.7 Å². The second-order valence-corrected chi connectivity index (χ2v) is 6.90. The summed E-state index contributed by atoms with van der Waals surface area (Å²) in [7, 11) is 0. The molecule has 4 heterocycles. The number of nitrogens with zero attached hydrogens (tertiary/aromatic N) is 2. The maximum atomic E-state index is 5.51. The van der Waals surface area contributed by atoms with E-state index in [1.807, 2.05) is 12.1 Å². The number of rotatable bonds is 6. The molecular formula is C20H26N2O2. The van der Waals surface area contributed by atoms with Gasteiger partial charge in [0.05, 0.1) is 25.6 Å². The first-order chi connectivity index (χ1) is 11.9. The van der Waals surface area contributed by atoms with Crippen molar-refractivity contribution in [3.05, 3.63) is 60.5 Å². The van der Waals surface area contributed by atoms with E-state index in [-0.39, 0.29) is 0 Å². The maximum Gasteiger partial charge on any atom is 0.117 e. The van der Waals surface area contributed by atoms with Gasteiger partial charge in [-0.25, -0.2) is 0 Å². The molecule has 0 radical (unpaired) electrons. The van der Waals surface area contributed by atoms with Crippen molar-refractivity contribution in [2.24, 2.45) is 0 Å². The second-order valence-electron chi connectivity index (χ2n) is 6.90. The average molecular weight is 326 g/mol. The molecule has 2 aliphatic heterocycles. The van der Waals surface area contributed by atoms with Crippen molar-refractivity contribution in [1.82, 2.24) is 9.80 Å². The monoisotopic (exact) mass is 326 g/mol. The van der Waals surface area contributed by atoms with E-state index in [4.69, 9.17) is 8.83 Å². The van der Waals surface area contributed by atoms with Crippen LogP contribution < -0.4 is 0 Å². The number of hydrogen-bond acceptors (Lipinski definition) is 4. The maximum absolute atomic E-state index is 5.51. The van der Waals surface area contributed by atoms with E-state index in [0.29, 0.717) is 12.1 Å². The summed E-state index contributed by atoms with van der Waals surface area (Å²) in [5.41, 5.74) is 0. The van der Waals surface area contributed by atoms with Crippen molar-refractivity contribution < 1.29 is 8.83 Å². The first kappa shape index (κ1) is 15.7. The lowest BCUT2D eigenvalue weighted by atomic mass is 10.1. The van der Waals surface area contributed by atoms with Gasteiger partial charge in [-0.3, -0.25) is 9.80 Å². The highest BCUT2D eigenvalue weighted by Gasteiger charge is 2.26. The normalized spacial score (nSPS) is 26.0. The number of likely N-dealkylation sites (tertiary alicyclic amines) is 2. The summed E-state index contributed by atoms with van der Waals surface area (Å²) >= 11 is 0. The molecule has 2 fully saturated rings. The van der Waals surface area contributed by atoms with Crippen LogP contribution in [0.2, 0.25) is 0 Å². The Balaban J connectivity index is 1.36. The number of furan rings is 2. The van der Waals surface area contributed by atoms with E-state index in [1.54, 1.807) is 12.5 Å². The van der Waals surface area contributed by atoms with Crippen molar-refractivity contribution in [3.63, 3.8) is 0 Å². The molecule has 0 unspecified atom stereocenters. The van der Waals surface area contributed by atoms with Crippen LogP contribution in [-0.2, 0) is 13.1 Å².